The number of nitrogens with one attached hydrogen (secondary N) is 3. The summed E-state index contributed by atoms with van der Waals surface area (Å²) in [5.74, 6) is 0.485. The van der Waals surface area contributed by atoms with Gasteiger partial charge in [-0.05, 0) is 26.5 Å². The average Bonchev–Trinajstić information content (AvgIpc) is 3.05. The van der Waals surface area contributed by atoms with E-state index in [4.69, 9.17) is 0 Å². The average molecular weight is 329 g/mol. The first-order valence-electron chi connectivity index (χ1n) is 6.61. The fourth-order valence-corrected chi connectivity index (χ4v) is 4.71. The van der Waals surface area contributed by atoms with Crippen molar-refractivity contribution in [3.05, 3.63) is 28.0 Å². The molecule has 3 N–H and O–H groups in total. The van der Waals surface area contributed by atoms with Crippen LogP contribution in [-0.2, 0) is 16.6 Å². The summed E-state index contributed by atoms with van der Waals surface area (Å²) in [7, 11) is -3.58. The molecule has 2 aromatic rings. The minimum Gasteiger partial charge on any atom is -0.312 e. The van der Waals surface area contributed by atoms with E-state index in [2.05, 4.69) is 25.2 Å². The van der Waals surface area contributed by atoms with Crippen LogP contribution in [0.25, 0.3) is 0 Å². The van der Waals surface area contributed by atoms with E-state index >= 15 is 0 Å². The summed E-state index contributed by atoms with van der Waals surface area (Å²) in [6.07, 6.45) is 1.35. The molecule has 2 heterocycles. The Kier molecular flexibility index (Phi) is 5.09. The molecule has 0 radical (unpaired) electrons. The number of hydrogen-bond donors (Lipinski definition) is 3. The molecule has 0 fully saturated rings. The molecule has 0 aliphatic heterocycles. The lowest BCUT2D eigenvalue weighted by molar-refractivity contribution is 0.560. The maximum atomic E-state index is 12.5. The topological polar surface area (TPSA) is 99.8 Å². The number of aryl methyl sites for hydroxylation is 1. The molecular formula is C12H19N5O2S2. The van der Waals surface area contributed by atoms with Gasteiger partial charge in [0.1, 0.15) is 12.2 Å². The standard InChI is InChI=1S/C12H19N5O2S2/c1-4-13-6-10-5-11(9(3)20-10)21(18,19)17-8(2)12-14-7-15-16-12/h5,7-8,13,17H,4,6H2,1-3H3,(H,14,15,16). The second-order valence-corrected chi connectivity index (χ2v) is 7.65. The maximum Gasteiger partial charge on any atom is 0.242 e. The summed E-state index contributed by atoms with van der Waals surface area (Å²) in [6.45, 7) is 7.07. The molecule has 21 heavy (non-hydrogen) atoms. The van der Waals surface area contributed by atoms with Crippen LogP contribution >= 0.6 is 11.3 Å². The van der Waals surface area contributed by atoms with Gasteiger partial charge in [0.05, 0.1) is 10.9 Å². The number of sulfonamides is 1. The predicted molar refractivity (Wildman–Crippen MR) is 81.6 cm³/mol. The number of aromatic nitrogens is 3. The molecule has 0 bridgehead atoms. The number of H-pyrrole nitrogens is 1. The molecule has 9 heteroatoms. The molecule has 116 valence electrons. The van der Waals surface area contributed by atoms with E-state index in [1.54, 1.807) is 13.0 Å². The van der Waals surface area contributed by atoms with Gasteiger partial charge < -0.3 is 5.32 Å². The lowest BCUT2D eigenvalue weighted by atomic mass is 10.3. The summed E-state index contributed by atoms with van der Waals surface area (Å²) in [5, 5.41) is 9.58. The van der Waals surface area contributed by atoms with Crippen LogP contribution < -0.4 is 10.0 Å². The minimum absolute atomic E-state index is 0.326. The smallest absolute Gasteiger partial charge is 0.242 e. The highest BCUT2D eigenvalue weighted by Gasteiger charge is 2.23. The molecule has 0 aliphatic carbocycles. The molecule has 0 saturated heterocycles. The van der Waals surface area contributed by atoms with Gasteiger partial charge in [0.15, 0.2) is 0 Å². The van der Waals surface area contributed by atoms with Crippen molar-refractivity contribution in [2.45, 2.75) is 38.3 Å². The molecular weight excluding hydrogens is 310 g/mol. The van der Waals surface area contributed by atoms with Crippen molar-refractivity contribution in [3.63, 3.8) is 0 Å². The third-order valence-electron chi connectivity index (χ3n) is 2.94. The van der Waals surface area contributed by atoms with Gasteiger partial charge in [-0.3, -0.25) is 5.10 Å². The monoisotopic (exact) mass is 329 g/mol. The fraction of sp³-hybridized carbons (Fsp3) is 0.500. The number of nitrogens with zero attached hydrogens (tertiary/aromatic N) is 2. The highest BCUT2D eigenvalue weighted by Crippen LogP contribution is 2.26. The Morgan fingerprint density at radius 1 is 1.48 bits per heavy atom. The number of thiophene rings is 1. The Hall–Kier alpha value is -1.29. The van der Waals surface area contributed by atoms with E-state index in [1.807, 2.05) is 13.8 Å². The normalized spacial score (nSPS) is 13.5. The summed E-state index contributed by atoms with van der Waals surface area (Å²) >= 11 is 1.49. The quantitative estimate of drug-likeness (QED) is 0.711. The zero-order chi connectivity index (χ0) is 15.5. The molecule has 0 spiro atoms. The Balaban J connectivity index is 2.17. The third-order valence-corrected chi connectivity index (χ3v) is 5.78. The summed E-state index contributed by atoms with van der Waals surface area (Å²) in [6, 6.07) is 1.26. The first-order valence-corrected chi connectivity index (χ1v) is 8.91. The molecule has 1 unspecified atom stereocenters. The van der Waals surface area contributed by atoms with Gasteiger partial charge in [-0.25, -0.2) is 18.1 Å². The Bertz CT molecular complexity index is 679. The second kappa shape index (κ2) is 6.65. The Labute approximate surface area is 128 Å². The number of aromatic amines is 1. The van der Waals surface area contributed by atoms with Gasteiger partial charge in [0.25, 0.3) is 0 Å². The second-order valence-electron chi connectivity index (χ2n) is 4.63. The first-order chi connectivity index (χ1) is 9.94. The summed E-state index contributed by atoms with van der Waals surface area (Å²) in [4.78, 5) is 6.07. The summed E-state index contributed by atoms with van der Waals surface area (Å²) in [5.41, 5.74) is 0. The zero-order valence-electron chi connectivity index (χ0n) is 12.2. The van der Waals surface area contributed by atoms with Crippen molar-refractivity contribution < 1.29 is 8.42 Å². The first kappa shape index (κ1) is 16.1. The van der Waals surface area contributed by atoms with Crippen molar-refractivity contribution in [2.75, 3.05) is 6.54 Å². The van der Waals surface area contributed by atoms with Crippen molar-refractivity contribution in [2.24, 2.45) is 0 Å². The molecule has 0 amide bonds. The van der Waals surface area contributed by atoms with Crippen LogP contribution in [-0.4, -0.2) is 30.1 Å². The predicted octanol–water partition coefficient (Wildman–Crippen LogP) is 1.32. The van der Waals surface area contributed by atoms with Crippen molar-refractivity contribution in [1.82, 2.24) is 25.2 Å². The van der Waals surface area contributed by atoms with E-state index in [0.29, 0.717) is 17.3 Å². The molecule has 2 rings (SSSR count). The van der Waals surface area contributed by atoms with E-state index in [-0.39, 0.29) is 0 Å². The molecule has 0 aromatic carbocycles. The van der Waals surface area contributed by atoms with Crippen LogP contribution in [0.3, 0.4) is 0 Å². The molecule has 0 saturated carbocycles. The van der Waals surface area contributed by atoms with E-state index in [1.165, 1.54) is 17.7 Å². The molecule has 2 aromatic heterocycles. The van der Waals surface area contributed by atoms with Gasteiger partial charge in [0, 0.05) is 16.3 Å². The van der Waals surface area contributed by atoms with Gasteiger partial charge in [0.2, 0.25) is 10.0 Å². The van der Waals surface area contributed by atoms with Crippen molar-refractivity contribution in [1.29, 1.82) is 0 Å². The molecule has 7 nitrogen and oxygen atoms in total. The van der Waals surface area contributed by atoms with Crippen LogP contribution in [0.4, 0.5) is 0 Å². The fourth-order valence-electron chi connectivity index (χ4n) is 1.90. The van der Waals surface area contributed by atoms with Crippen molar-refractivity contribution in [3.8, 4) is 0 Å². The lowest BCUT2D eigenvalue weighted by Crippen LogP contribution is -2.27. The largest absolute Gasteiger partial charge is 0.312 e. The number of rotatable bonds is 7. The Morgan fingerprint density at radius 3 is 2.86 bits per heavy atom. The highest BCUT2D eigenvalue weighted by atomic mass is 32.2. The van der Waals surface area contributed by atoms with Gasteiger partial charge >= 0.3 is 0 Å². The Morgan fingerprint density at radius 2 is 2.24 bits per heavy atom. The molecule has 0 aliphatic rings. The maximum absolute atomic E-state index is 12.5. The SMILES string of the molecule is CCNCc1cc(S(=O)(=O)NC(C)c2ncn[nH]2)c(C)s1. The third kappa shape index (κ3) is 3.88. The molecule has 1 atom stereocenters. The minimum atomic E-state index is -3.58. The van der Waals surface area contributed by atoms with Crippen LogP contribution in [0, 0.1) is 6.92 Å². The van der Waals surface area contributed by atoms with Crippen molar-refractivity contribution >= 4 is 21.4 Å². The van der Waals surface area contributed by atoms with E-state index in [9.17, 15) is 8.42 Å². The van der Waals surface area contributed by atoms with Crippen LogP contribution in [0.1, 0.15) is 35.5 Å². The van der Waals surface area contributed by atoms with Gasteiger partial charge in [-0.1, -0.05) is 6.92 Å². The number of hydrogen-bond acceptors (Lipinski definition) is 6. The zero-order valence-corrected chi connectivity index (χ0v) is 13.8. The van der Waals surface area contributed by atoms with Crippen LogP contribution in [0.15, 0.2) is 17.3 Å². The summed E-state index contributed by atoms with van der Waals surface area (Å²) < 4.78 is 27.5. The van der Waals surface area contributed by atoms with Crippen LogP contribution in [0.5, 0.6) is 0 Å². The lowest BCUT2D eigenvalue weighted by Gasteiger charge is -2.11. The highest BCUT2D eigenvalue weighted by molar-refractivity contribution is 7.89. The van der Waals surface area contributed by atoms with Gasteiger partial charge in [-0.15, -0.1) is 11.3 Å². The van der Waals surface area contributed by atoms with E-state index in [0.717, 1.165) is 16.3 Å². The van der Waals surface area contributed by atoms with E-state index < -0.39 is 16.1 Å². The van der Waals surface area contributed by atoms with Gasteiger partial charge in [-0.2, -0.15) is 5.10 Å². The van der Waals surface area contributed by atoms with Crippen LogP contribution in [0.2, 0.25) is 0 Å².